The first-order valence-electron chi connectivity index (χ1n) is 3.02. The molecule has 0 saturated heterocycles. The van der Waals surface area contributed by atoms with Gasteiger partial charge in [0.25, 0.3) is 5.70 Å². The molecule has 11 heavy (non-hydrogen) atoms. The van der Waals surface area contributed by atoms with Crippen LogP contribution in [0.5, 0.6) is 0 Å². The van der Waals surface area contributed by atoms with Crippen molar-refractivity contribution in [2.24, 2.45) is 0 Å². The van der Waals surface area contributed by atoms with Crippen LogP contribution in [0.2, 0.25) is 0 Å². The first-order chi connectivity index (χ1) is 5.13. The van der Waals surface area contributed by atoms with E-state index in [-0.39, 0.29) is 5.70 Å². The molecule has 5 nitrogen and oxygen atoms in total. The number of nitrogens with zero attached hydrogens (tertiary/aromatic N) is 1. The van der Waals surface area contributed by atoms with Gasteiger partial charge in [0.1, 0.15) is 6.10 Å². The Kier molecular flexibility index (Phi) is 2.02. The molecule has 1 aliphatic carbocycles. The minimum absolute atomic E-state index is 0.375. The molecule has 0 saturated carbocycles. The summed E-state index contributed by atoms with van der Waals surface area (Å²) in [6.07, 6.45) is 1.22. The first kappa shape index (κ1) is 7.90. The van der Waals surface area contributed by atoms with E-state index in [1.54, 1.807) is 0 Å². The van der Waals surface area contributed by atoms with E-state index in [9.17, 15) is 10.1 Å². The van der Waals surface area contributed by atoms with E-state index < -0.39 is 17.1 Å². The minimum Gasteiger partial charge on any atom is -0.386 e. The van der Waals surface area contributed by atoms with Crippen molar-refractivity contribution in [3.63, 3.8) is 0 Å². The number of hydrogen-bond donors (Lipinski definition) is 2. The number of rotatable bonds is 1. The van der Waals surface area contributed by atoms with Crippen molar-refractivity contribution in [1.82, 2.24) is 0 Å². The summed E-state index contributed by atoms with van der Waals surface area (Å²) < 4.78 is 0. The highest BCUT2D eigenvalue weighted by atomic mass is 16.6. The highest BCUT2D eigenvalue weighted by Crippen LogP contribution is 2.13. The summed E-state index contributed by atoms with van der Waals surface area (Å²) in [4.78, 5) is 9.43. The van der Waals surface area contributed by atoms with E-state index in [4.69, 9.17) is 10.2 Å². The smallest absolute Gasteiger partial charge is 0.277 e. The summed E-state index contributed by atoms with van der Waals surface area (Å²) in [5.41, 5.74) is -0.375. The maximum absolute atomic E-state index is 10.1. The average Bonchev–Trinajstić information content (AvgIpc) is 1.94. The fourth-order valence-electron chi connectivity index (χ4n) is 0.816. The van der Waals surface area contributed by atoms with Crippen molar-refractivity contribution >= 4 is 0 Å². The Hall–Kier alpha value is -1.20. The molecule has 1 rings (SSSR count). The third kappa shape index (κ3) is 1.44. The van der Waals surface area contributed by atoms with Crippen LogP contribution < -0.4 is 0 Å². The second-order valence-corrected chi connectivity index (χ2v) is 2.17. The van der Waals surface area contributed by atoms with E-state index in [0.29, 0.717) is 0 Å². The molecule has 0 aliphatic heterocycles. The molecule has 0 amide bonds. The summed E-state index contributed by atoms with van der Waals surface area (Å²) in [7, 11) is 0. The maximum Gasteiger partial charge on any atom is 0.277 e. The third-order valence-corrected chi connectivity index (χ3v) is 1.41. The van der Waals surface area contributed by atoms with E-state index in [0.717, 1.165) is 6.08 Å². The normalized spacial score (nSPS) is 29.8. The molecule has 60 valence electrons. The molecule has 0 radical (unpaired) electrons. The van der Waals surface area contributed by atoms with Gasteiger partial charge >= 0.3 is 0 Å². The first-order valence-corrected chi connectivity index (χ1v) is 3.02. The topological polar surface area (TPSA) is 83.6 Å². The van der Waals surface area contributed by atoms with E-state index in [1.807, 2.05) is 0 Å². The Morgan fingerprint density at radius 1 is 1.55 bits per heavy atom. The number of aliphatic hydroxyl groups is 2. The SMILES string of the molecule is O=[N+]([O-])C1=CC=C[C@H](O)[C@@H]1O. The fourth-order valence-corrected chi connectivity index (χ4v) is 0.816. The Morgan fingerprint density at radius 3 is 2.64 bits per heavy atom. The van der Waals surface area contributed by atoms with Crippen molar-refractivity contribution in [3.8, 4) is 0 Å². The van der Waals surface area contributed by atoms with Gasteiger partial charge in [0.15, 0.2) is 6.10 Å². The lowest BCUT2D eigenvalue weighted by molar-refractivity contribution is -0.438. The molecule has 2 atom stereocenters. The van der Waals surface area contributed by atoms with E-state index in [1.165, 1.54) is 12.2 Å². The van der Waals surface area contributed by atoms with Crippen LogP contribution in [0.4, 0.5) is 0 Å². The second-order valence-electron chi connectivity index (χ2n) is 2.17. The van der Waals surface area contributed by atoms with Crippen LogP contribution in [0.15, 0.2) is 23.9 Å². The molecule has 0 heterocycles. The molecule has 0 fully saturated rings. The van der Waals surface area contributed by atoms with Crippen LogP contribution >= 0.6 is 0 Å². The van der Waals surface area contributed by atoms with E-state index in [2.05, 4.69) is 0 Å². The molecule has 0 unspecified atom stereocenters. The molecular weight excluding hydrogens is 150 g/mol. The van der Waals surface area contributed by atoms with Gasteiger partial charge < -0.3 is 10.2 Å². The van der Waals surface area contributed by atoms with Gasteiger partial charge in [-0.05, 0) is 0 Å². The molecule has 0 aromatic carbocycles. The van der Waals surface area contributed by atoms with Crippen molar-refractivity contribution in [3.05, 3.63) is 34.0 Å². The summed E-state index contributed by atoms with van der Waals surface area (Å²) >= 11 is 0. The van der Waals surface area contributed by atoms with Crippen molar-refractivity contribution in [1.29, 1.82) is 0 Å². The van der Waals surface area contributed by atoms with Gasteiger partial charge in [0, 0.05) is 6.08 Å². The fraction of sp³-hybridized carbons (Fsp3) is 0.333. The standard InChI is InChI=1S/C6H7NO4/c8-5-3-1-2-4(6(5)9)7(10)11/h1-3,5-6,8-9H/t5-,6+/m0/s1. The van der Waals surface area contributed by atoms with Gasteiger partial charge in [-0.3, -0.25) is 10.1 Å². The predicted octanol–water partition coefficient (Wildman–Crippen LogP) is -0.561. The Labute approximate surface area is 62.4 Å². The molecule has 0 aromatic rings. The third-order valence-electron chi connectivity index (χ3n) is 1.41. The quantitative estimate of drug-likeness (QED) is 0.394. The van der Waals surface area contributed by atoms with Crippen LogP contribution in [0.3, 0.4) is 0 Å². The molecule has 5 heteroatoms. The molecule has 2 N–H and O–H groups in total. The minimum atomic E-state index is -1.41. The second kappa shape index (κ2) is 2.81. The van der Waals surface area contributed by atoms with Gasteiger partial charge in [-0.25, -0.2) is 0 Å². The summed E-state index contributed by atoms with van der Waals surface area (Å²) in [5.74, 6) is 0. The number of hydrogen-bond acceptors (Lipinski definition) is 4. The van der Waals surface area contributed by atoms with Crippen LogP contribution in [-0.4, -0.2) is 27.3 Å². The summed E-state index contributed by atoms with van der Waals surface area (Å²) in [6.45, 7) is 0. The van der Waals surface area contributed by atoms with Crippen LogP contribution in [0.25, 0.3) is 0 Å². The number of aliphatic hydroxyl groups excluding tert-OH is 2. The van der Waals surface area contributed by atoms with Gasteiger partial charge in [0.05, 0.1) is 4.92 Å². The molecule has 1 aliphatic rings. The van der Waals surface area contributed by atoms with Gasteiger partial charge in [-0.1, -0.05) is 12.2 Å². The van der Waals surface area contributed by atoms with Gasteiger partial charge in [-0.2, -0.15) is 0 Å². The molecule has 0 bridgehead atoms. The lowest BCUT2D eigenvalue weighted by Crippen LogP contribution is -2.31. The van der Waals surface area contributed by atoms with Crippen molar-refractivity contribution < 1.29 is 15.1 Å². The van der Waals surface area contributed by atoms with Crippen molar-refractivity contribution in [2.45, 2.75) is 12.2 Å². The Morgan fingerprint density at radius 2 is 2.18 bits per heavy atom. The number of allylic oxidation sites excluding steroid dienone is 2. The summed E-state index contributed by atoms with van der Waals surface area (Å²) in [5, 5.41) is 28.1. The molecule has 0 spiro atoms. The lowest BCUT2D eigenvalue weighted by atomic mass is 10.1. The monoisotopic (exact) mass is 157 g/mol. The van der Waals surface area contributed by atoms with Crippen molar-refractivity contribution in [2.75, 3.05) is 0 Å². The zero-order valence-corrected chi connectivity index (χ0v) is 5.54. The molecular formula is C6H7NO4. The summed E-state index contributed by atoms with van der Waals surface area (Å²) in [6, 6.07) is 0. The number of nitro groups is 1. The highest BCUT2D eigenvalue weighted by molar-refractivity contribution is 5.20. The predicted molar refractivity (Wildman–Crippen MR) is 36.2 cm³/mol. The Balaban J connectivity index is 2.87. The average molecular weight is 157 g/mol. The lowest BCUT2D eigenvalue weighted by Gasteiger charge is -2.13. The van der Waals surface area contributed by atoms with E-state index >= 15 is 0 Å². The Bertz CT molecular complexity index is 233. The van der Waals surface area contributed by atoms with Gasteiger partial charge in [-0.15, -0.1) is 0 Å². The largest absolute Gasteiger partial charge is 0.386 e. The maximum atomic E-state index is 10.1. The zero-order chi connectivity index (χ0) is 8.43. The van der Waals surface area contributed by atoms with Crippen LogP contribution in [0.1, 0.15) is 0 Å². The van der Waals surface area contributed by atoms with Gasteiger partial charge in [0.2, 0.25) is 0 Å². The molecule has 0 aromatic heterocycles. The van der Waals surface area contributed by atoms with Crippen LogP contribution in [0, 0.1) is 10.1 Å². The van der Waals surface area contributed by atoms with Crippen LogP contribution in [-0.2, 0) is 0 Å². The highest BCUT2D eigenvalue weighted by Gasteiger charge is 2.29. The zero-order valence-electron chi connectivity index (χ0n) is 5.54.